The Morgan fingerprint density at radius 1 is 1.29 bits per heavy atom. The van der Waals surface area contributed by atoms with Crippen LogP contribution in [0.5, 0.6) is 5.75 Å². The van der Waals surface area contributed by atoms with Crippen molar-refractivity contribution in [2.24, 2.45) is 0 Å². The average molecular weight is 305 g/mol. The van der Waals surface area contributed by atoms with Crippen LogP contribution in [-0.2, 0) is 0 Å². The first-order valence-electron chi connectivity index (χ1n) is 6.42. The highest BCUT2D eigenvalue weighted by molar-refractivity contribution is 6.31. The Kier molecular flexibility index (Phi) is 5.00. The van der Waals surface area contributed by atoms with Gasteiger partial charge in [-0.3, -0.25) is 0 Å². The lowest BCUT2D eigenvalue weighted by Crippen LogP contribution is -2.03. The monoisotopic (exact) mass is 304 g/mol. The molecule has 0 aliphatic heterocycles. The van der Waals surface area contributed by atoms with Gasteiger partial charge in [0.15, 0.2) is 0 Å². The lowest BCUT2D eigenvalue weighted by Gasteiger charge is -2.13. The number of aryl methyl sites for hydroxylation is 1. The SMILES string of the molecule is C=CCNc1cc(Nc2cc(C)c(Cl)cc2OC)ncn1. The maximum Gasteiger partial charge on any atom is 0.143 e. The van der Waals surface area contributed by atoms with Crippen LogP contribution in [-0.4, -0.2) is 23.6 Å². The van der Waals surface area contributed by atoms with E-state index in [2.05, 4.69) is 27.2 Å². The Hall–Kier alpha value is -2.27. The fraction of sp³-hybridized carbons (Fsp3) is 0.200. The summed E-state index contributed by atoms with van der Waals surface area (Å²) in [7, 11) is 1.60. The third-order valence-electron chi connectivity index (χ3n) is 2.84. The van der Waals surface area contributed by atoms with Gasteiger partial charge >= 0.3 is 0 Å². The summed E-state index contributed by atoms with van der Waals surface area (Å²) in [5.41, 5.74) is 1.76. The molecular formula is C15H17ClN4O. The molecule has 0 atom stereocenters. The molecule has 2 N–H and O–H groups in total. The third-order valence-corrected chi connectivity index (χ3v) is 3.25. The van der Waals surface area contributed by atoms with Gasteiger partial charge in [-0.05, 0) is 18.6 Å². The fourth-order valence-corrected chi connectivity index (χ4v) is 1.92. The standard InChI is InChI=1S/C15H17ClN4O/c1-4-5-17-14-8-15(19-9-18-14)20-12-6-10(2)11(16)7-13(12)21-3/h4,6-9H,1,5H2,2-3H3,(H2,17,18,19,20). The smallest absolute Gasteiger partial charge is 0.143 e. The fourth-order valence-electron chi connectivity index (χ4n) is 1.77. The second-order valence-electron chi connectivity index (χ2n) is 4.38. The molecule has 5 nitrogen and oxygen atoms in total. The number of ether oxygens (including phenoxy) is 1. The topological polar surface area (TPSA) is 59.1 Å². The van der Waals surface area contributed by atoms with E-state index < -0.39 is 0 Å². The highest BCUT2D eigenvalue weighted by Crippen LogP contribution is 2.32. The largest absolute Gasteiger partial charge is 0.495 e. The molecule has 1 heterocycles. The van der Waals surface area contributed by atoms with E-state index in [9.17, 15) is 0 Å². The summed E-state index contributed by atoms with van der Waals surface area (Å²) < 4.78 is 5.33. The molecule has 0 bridgehead atoms. The minimum Gasteiger partial charge on any atom is -0.495 e. The molecule has 0 aliphatic rings. The second-order valence-corrected chi connectivity index (χ2v) is 4.79. The van der Waals surface area contributed by atoms with Gasteiger partial charge in [0, 0.05) is 23.7 Å². The summed E-state index contributed by atoms with van der Waals surface area (Å²) in [5.74, 6) is 2.04. The van der Waals surface area contributed by atoms with Gasteiger partial charge in [-0.15, -0.1) is 6.58 Å². The van der Waals surface area contributed by atoms with Crippen molar-refractivity contribution in [3.63, 3.8) is 0 Å². The van der Waals surface area contributed by atoms with Crippen LogP contribution >= 0.6 is 11.6 Å². The summed E-state index contributed by atoms with van der Waals surface area (Å²) in [6.07, 6.45) is 3.25. The van der Waals surface area contributed by atoms with Gasteiger partial charge in [-0.2, -0.15) is 0 Å². The van der Waals surface area contributed by atoms with Crippen molar-refractivity contribution in [3.05, 3.63) is 47.8 Å². The molecule has 0 radical (unpaired) electrons. The van der Waals surface area contributed by atoms with Gasteiger partial charge in [0.1, 0.15) is 23.7 Å². The zero-order valence-electron chi connectivity index (χ0n) is 12.0. The highest BCUT2D eigenvalue weighted by Gasteiger charge is 2.08. The number of halogens is 1. The van der Waals surface area contributed by atoms with Gasteiger partial charge in [0.05, 0.1) is 12.8 Å². The van der Waals surface area contributed by atoms with Crippen LogP contribution in [0.3, 0.4) is 0 Å². The van der Waals surface area contributed by atoms with E-state index >= 15 is 0 Å². The summed E-state index contributed by atoms with van der Waals surface area (Å²) in [6, 6.07) is 5.50. The molecule has 0 saturated heterocycles. The summed E-state index contributed by atoms with van der Waals surface area (Å²) in [4.78, 5) is 8.32. The maximum absolute atomic E-state index is 6.10. The first kappa shape index (κ1) is 15.1. The predicted molar refractivity (Wildman–Crippen MR) is 86.7 cm³/mol. The van der Waals surface area contributed by atoms with Gasteiger partial charge in [0.2, 0.25) is 0 Å². The molecule has 0 amide bonds. The Morgan fingerprint density at radius 3 is 2.76 bits per heavy atom. The Balaban J connectivity index is 2.25. The number of rotatable bonds is 6. The van der Waals surface area contributed by atoms with E-state index in [0.717, 1.165) is 17.1 Å². The molecule has 2 rings (SSSR count). The van der Waals surface area contributed by atoms with Crippen molar-refractivity contribution < 1.29 is 4.74 Å². The molecule has 6 heteroatoms. The quantitative estimate of drug-likeness (QED) is 0.795. The van der Waals surface area contributed by atoms with Crippen molar-refractivity contribution in [1.82, 2.24) is 9.97 Å². The molecular weight excluding hydrogens is 288 g/mol. The number of methoxy groups -OCH3 is 1. The van der Waals surface area contributed by atoms with E-state index in [1.807, 2.05) is 19.1 Å². The molecule has 0 fully saturated rings. The number of benzene rings is 1. The van der Waals surface area contributed by atoms with Gasteiger partial charge in [-0.25, -0.2) is 9.97 Å². The molecule has 0 spiro atoms. The first-order valence-corrected chi connectivity index (χ1v) is 6.80. The van der Waals surface area contributed by atoms with Crippen molar-refractivity contribution in [1.29, 1.82) is 0 Å². The molecule has 1 aromatic carbocycles. The second kappa shape index (κ2) is 6.95. The normalized spacial score (nSPS) is 10.0. The zero-order valence-corrected chi connectivity index (χ0v) is 12.7. The molecule has 2 aromatic rings. The lowest BCUT2D eigenvalue weighted by molar-refractivity contribution is 0.416. The Labute approximate surface area is 129 Å². The number of nitrogens with zero attached hydrogens (tertiary/aromatic N) is 2. The Morgan fingerprint density at radius 2 is 2.05 bits per heavy atom. The van der Waals surface area contributed by atoms with Gasteiger partial charge in [-0.1, -0.05) is 17.7 Å². The lowest BCUT2D eigenvalue weighted by atomic mass is 10.2. The summed E-state index contributed by atoms with van der Waals surface area (Å²) in [6.45, 7) is 6.23. The van der Waals surface area contributed by atoms with Crippen LogP contribution in [0.4, 0.5) is 17.3 Å². The van der Waals surface area contributed by atoms with Crippen LogP contribution in [0.15, 0.2) is 37.2 Å². The minimum absolute atomic E-state index is 0.639. The van der Waals surface area contributed by atoms with E-state index in [0.29, 0.717) is 23.1 Å². The summed E-state index contributed by atoms with van der Waals surface area (Å²) in [5, 5.41) is 6.98. The van der Waals surface area contributed by atoms with E-state index in [-0.39, 0.29) is 0 Å². The number of hydrogen-bond donors (Lipinski definition) is 2. The van der Waals surface area contributed by atoms with E-state index in [1.54, 1.807) is 19.3 Å². The Bertz CT molecular complexity index is 646. The van der Waals surface area contributed by atoms with E-state index in [4.69, 9.17) is 16.3 Å². The summed E-state index contributed by atoms with van der Waals surface area (Å²) >= 11 is 6.10. The van der Waals surface area contributed by atoms with Crippen LogP contribution in [0.1, 0.15) is 5.56 Å². The molecule has 1 aromatic heterocycles. The number of hydrogen-bond acceptors (Lipinski definition) is 5. The zero-order chi connectivity index (χ0) is 15.2. The van der Waals surface area contributed by atoms with Crippen LogP contribution in [0.2, 0.25) is 5.02 Å². The molecule has 21 heavy (non-hydrogen) atoms. The van der Waals surface area contributed by atoms with Crippen LogP contribution < -0.4 is 15.4 Å². The number of nitrogens with one attached hydrogen (secondary N) is 2. The van der Waals surface area contributed by atoms with Crippen molar-refractivity contribution in [3.8, 4) is 5.75 Å². The van der Waals surface area contributed by atoms with Crippen molar-refractivity contribution >= 4 is 28.9 Å². The van der Waals surface area contributed by atoms with Crippen LogP contribution in [0, 0.1) is 6.92 Å². The maximum atomic E-state index is 6.10. The highest BCUT2D eigenvalue weighted by atomic mass is 35.5. The van der Waals surface area contributed by atoms with Gasteiger partial charge < -0.3 is 15.4 Å². The van der Waals surface area contributed by atoms with Gasteiger partial charge in [0.25, 0.3) is 0 Å². The molecule has 110 valence electrons. The molecule has 0 saturated carbocycles. The number of aromatic nitrogens is 2. The number of anilines is 3. The predicted octanol–water partition coefficient (Wildman–Crippen LogP) is 3.79. The van der Waals surface area contributed by atoms with Crippen molar-refractivity contribution in [2.45, 2.75) is 6.92 Å². The average Bonchev–Trinajstić information content (AvgIpc) is 2.49. The van der Waals surface area contributed by atoms with E-state index in [1.165, 1.54) is 6.33 Å². The van der Waals surface area contributed by atoms with Crippen LogP contribution in [0.25, 0.3) is 0 Å². The molecule has 0 unspecified atom stereocenters. The molecule has 0 aliphatic carbocycles. The minimum atomic E-state index is 0.639. The first-order chi connectivity index (χ1) is 10.1. The third kappa shape index (κ3) is 3.86. The van der Waals surface area contributed by atoms with Crippen molar-refractivity contribution in [2.75, 3.05) is 24.3 Å².